The highest BCUT2D eigenvalue weighted by atomic mass is 35.5. The smallest absolute Gasteiger partial charge is 0.149 e. The molecule has 0 fully saturated rings. The maximum absolute atomic E-state index is 13.7. The van der Waals surface area contributed by atoms with Gasteiger partial charge in [-0.3, -0.25) is 0 Å². The average Bonchev–Trinajstić information content (AvgIpc) is 2.39. The predicted molar refractivity (Wildman–Crippen MR) is 74.8 cm³/mol. The summed E-state index contributed by atoms with van der Waals surface area (Å²) in [5, 5.41) is -0.442. The largest absolute Gasteiger partial charge is 0.398 e. The van der Waals surface area contributed by atoms with E-state index in [0.29, 0.717) is 0 Å². The minimum atomic E-state index is -0.814. The van der Waals surface area contributed by atoms with Crippen molar-refractivity contribution in [2.75, 3.05) is 0 Å². The highest BCUT2D eigenvalue weighted by Crippen LogP contribution is 2.25. The van der Waals surface area contributed by atoms with Gasteiger partial charge in [0, 0.05) is 16.8 Å². The zero-order valence-corrected chi connectivity index (χ0v) is 11.4. The molecule has 1 nitrogen and oxygen atoms in total. The summed E-state index contributed by atoms with van der Waals surface area (Å²) in [4.78, 5) is 0. The van der Waals surface area contributed by atoms with Crippen LogP contribution < -0.4 is 5.73 Å². The van der Waals surface area contributed by atoms with Crippen LogP contribution in [0.25, 0.3) is 11.8 Å². The SMILES string of the molecule is N/C(=C\c1cccc(Cl)c1F)c1cc(F)c(Cl)cc1F. The lowest BCUT2D eigenvalue weighted by molar-refractivity contribution is 0.597. The number of benzene rings is 2. The first-order valence-electron chi connectivity index (χ1n) is 5.46. The Bertz CT molecular complexity index is 699. The number of hydrogen-bond donors (Lipinski definition) is 1. The van der Waals surface area contributed by atoms with E-state index in [2.05, 4.69) is 0 Å². The van der Waals surface area contributed by atoms with Gasteiger partial charge in [-0.1, -0.05) is 35.3 Å². The van der Waals surface area contributed by atoms with Crippen LogP contribution in [0.15, 0.2) is 30.3 Å². The Morgan fingerprint density at radius 3 is 2.40 bits per heavy atom. The molecule has 0 unspecified atom stereocenters. The minimum Gasteiger partial charge on any atom is -0.398 e. The summed E-state index contributed by atoms with van der Waals surface area (Å²) in [5.74, 6) is -2.30. The lowest BCUT2D eigenvalue weighted by Gasteiger charge is -2.06. The molecule has 2 N–H and O–H groups in total. The van der Waals surface area contributed by atoms with Crippen molar-refractivity contribution < 1.29 is 13.2 Å². The van der Waals surface area contributed by atoms with Crippen molar-refractivity contribution in [3.05, 3.63) is 69.0 Å². The average molecular weight is 318 g/mol. The summed E-state index contributed by atoms with van der Waals surface area (Å²) < 4.78 is 40.7. The second-order valence-corrected chi connectivity index (χ2v) is 4.80. The molecule has 6 heteroatoms. The highest BCUT2D eigenvalue weighted by Gasteiger charge is 2.12. The lowest BCUT2D eigenvalue weighted by Crippen LogP contribution is -2.01. The fourth-order valence-electron chi connectivity index (χ4n) is 1.62. The maximum atomic E-state index is 13.7. The van der Waals surface area contributed by atoms with Gasteiger partial charge in [-0.15, -0.1) is 0 Å². The topological polar surface area (TPSA) is 26.0 Å². The first-order valence-corrected chi connectivity index (χ1v) is 6.22. The molecule has 0 saturated carbocycles. The van der Waals surface area contributed by atoms with Crippen molar-refractivity contribution in [2.45, 2.75) is 0 Å². The van der Waals surface area contributed by atoms with Crippen LogP contribution in [0.5, 0.6) is 0 Å². The molecule has 104 valence electrons. The van der Waals surface area contributed by atoms with E-state index < -0.39 is 17.5 Å². The Balaban J connectivity index is 2.50. The highest BCUT2D eigenvalue weighted by molar-refractivity contribution is 6.31. The van der Waals surface area contributed by atoms with E-state index in [1.165, 1.54) is 24.3 Å². The summed E-state index contributed by atoms with van der Waals surface area (Å²) in [6.07, 6.45) is 1.17. The van der Waals surface area contributed by atoms with Crippen LogP contribution in [0.2, 0.25) is 10.0 Å². The number of halogens is 5. The van der Waals surface area contributed by atoms with Crippen molar-refractivity contribution in [3.63, 3.8) is 0 Å². The fourth-order valence-corrected chi connectivity index (χ4v) is 1.95. The third kappa shape index (κ3) is 2.92. The van der Waals surface area contributed by atoms with E-state index in [9.17, 15) is 13.2 Å². The molecule has 0 amide bonds. The van der Waals surface area contributed by atoms with Gasteiger partial charge in [-0.25, -0.2) is 13.2 Å². The molecule has 0 atom stereocenters. The molecule has 0 aliphatic carbocycles. The summed E-state index contributed by atoms with van der Waals surface area (Å²) >= 11 is 11.1. The van der Waals surface area contributed by atoms with Gasteiger partial charge in [0.05, 0.1) is 10.0 Å². The van der Waals surface area contributed by atoms with Crippen molar-refractivity contribution in [3.8, 4) is 0 Å². The second kappa shape index (κ2) is 5.77. The fraction of sp³-hybridized carbons (Fsp3) is 0. The molecule has 0 spiro atoms. The van der Waals surface area contributed by atoms with Gasteiger partial charge in [0.2, 0.25) is 0 Å². The normalized spacial score (nSPS) is 11.8. The number of nitrogens with two attached hydrogens (primary N) is 1. The molecule has 2 aromatic carbocycles. The van der Waals surface area contributed by atoms with E-state index in [4.69, 9.17) is 28.9 Å². The monoisotopic (exact) mass is 317 g/mol. The van der Waals surface area contributed by atoms with Gasteiger partial charge in [-0.2, -0.15) is 0 Å². The summed E-state index contributed by atoms with van der Waals surface area (Å²) in [5.41, 5.74) is 5.40. The van der Waals surface area contributed by atoms with E-state index in [1.54, 1.807) is 0 Å². The molecule has 0 radical (unpaired) electrons. The van der Waals surface area contributed by atoms with Gasteiger partial charge in [0.1, 0.15) is 17.5 Å². The molecule has 0 aromatic heterocycles. The predicted octanol–water partition coefficient (Wildman–Crippen LogP) is 4.87. The maximum Gasteiger partial charge on any atom is 0.149 e. The van der Waals surface area contributed by atoms with Crippen LogP contribution in [0, 0.1) is 17.5 Å². The molecule has 0 heterocycles. The van der Waals surface area contributed by atoms with Gasteiger partial charge in [-0.05, 0) is 24.3 Å². The van der Waals surface area contributed by atoms with Gasteiger partial charge in [0.15, 0.2) is 0 Å². The molecule has 0 bridgehead atoms. The van der Waals surface area contributed by atoms with E-state index in [-0.39, 0.29) is 26.9 Å². The quantitative estimate of drug-likeness (QED) is 0.620. The molecule has 2 rings (SSSR count). The van der Waals surface area contributed by atoms with Crippen molar-refractivity contribution in [1.82, 2.24) is 0 Å². The minimum absolute atomic E-state index is 0.0739. The Hall–Kier alpha value is -1.65. The number of hydrogen-bond acceptors (Lipinski definition) is 1. The lowest BCUT2D eigenvalue weighted by atomic mass is 10.1. The van der Waals surface area contributed by atoms with Crippen molar-refractivity contribution in [2.24, 2.45) is 5.73 Å². The Morgan fingerprint density at radius 2 is 1.70 bits per heavy atom. The third-order valence-corrected chi connectivity index (χ3v) is 3.19. The van der Waals surface area contributed by atoms with Crippen LogP contribution in [0.4, 0.5) is 13.2 Å². The molecule has 0 aliphatic rings. The summed E-state index contributed by atoms with van der Waals surface area (Å²) in [6.45, 7) is 0. The molecule has 0 aliphatic heterocycles. The van der Waals surface area contributed by atoms with Crippen LogP contribution in [0.1, 0.15) is 11.1 Å². The molecule has 20 heavy (non-hydrogen) atoms. The second-order valence-electron chi connectivity index (χ2n) is 3.99. The molecular weight excluding hydrogens is 310 g/mol. The Morgan fingerprint density at radius 1 is 1.00 bits per heavy atom. The van der Waals surface area contributed by atoms with Gasteiger partial charge >= 0.3 is 0 Å². The Kier molecular flexibility index (Phi) is 4.26. The van der Waals surface area contributed by atoms with E-state index in [1.807, 2.05) is 0 Å². The first kappa shape index (κ1) is 14.8. The van der Waals surface area contributed by atoms with E-state index in [0.717, 1.165) is 12.1 Å². The summed E-state index contributed by atoms with van der Waals surface area (Å²) in [6, 6.07) is 5.96. The van der Waals surface area contributed by atoms with Gasteiger partial charge < -0.3 is 5.73 Å². The van der Waals surface area contributed by atoms with Crippen LogP contribution in [-0.2, 0) is 0 Å². The zero-order chi connectivity index (χ0) is 14.9. The van der Waals surface area contributed by atoms with Crippen LogP contribution >= 0.6 is 23.2 Å². The number of rotatable bonds is 2. The molecule has 0 saturated heterocycles. The van der Waals surface area contributed by atoms with Gasteiger partial charge in [0.25, 0.3) is 0 Å². The van der Waals surface area contributed by atoms with Crippen molar-refractivity contribution in [1.29, 1.82) is 0 Å². The van der Waals surface area contributed by atoms with E-state index >= 15 is 0 Å². The Labute approximate surface area is 123 Å². The van der Waals surface area contributed by atoms with Crippen LogP contribution in [0.3, 0.4) is 0 Å². The first-order chi connectivity index (χ1) is 9.40. The van der Waals surface area contributed by atoms with Crippen LogP contribution in [-0.4, -0.2) is 0 Å². The molecule has 2 aromatic rings. The molecular formula is C14H8Cl2F3N. The summed E-state index contributed by atoms with van der Waals surface area (Å²) in [7, 11) is 0. The van der Waals surface area contributed by atoms with Crippen molar-refractivity contribution >= 4 is 35.0 Å². The zero-order valence-electron chi connectivity index (χ0n) is 9.93. The standard InChI is InChI=1S/C14H8Cl2F3N/c15-9-3-1-2-7(14(9)19)4-13(20)8-5-12(18)10(16)6-11(8)17/h1-6H,20H2/b13-4-. The third-order valence-electron chi connectivity index (χ3n) is 2.61.